The third-order valence-corrected chi connectivity index (χ3v) is 4.02. The highest BCUT2D eigenvalue weighted by Gasteiger charge is 2.11. The standard InChI is InChI=1S/C14H14Br2N2O/c1-9(12-5-3-4-6-17-12)18-13-8-14(19-2)11(16)7-10(13)15/h3-9,18H,1-2H3. The zero-order valence-electron chi connectivity index (χ0n) is 10.7. The molecule has 0 saturated heterocycles. The first-order valence-corrected chi connectivity index (χ1v) is 7.41. The summed E-state index contributed by atoms with van der Waals surface area (Å²) in [6.07, 6.45) is 1.80. The molecule has 0 aliphatic rings. The fourth-order valence-corrected chi connectivity index (χ4v) is 3.01. The van der Waals surface area contributed by atoms with E-state index in [1.807, 2.05) is 30.3 Å². The van der Waals surface area contributed by atoms with Gasteiger partial charge in [-0.2, -0.15) is 0 Å². The fraction of sp³-hybridized carbons (Fsp3) is 0.214. The number of rotatable bonds is 4. The van der Waals surface area contributed by atoms with Crippen molar-refractivity contribution in [3.8, 4) is 5.75 Å². The van der Waals surface area contributed by atoms with E-state index >= 15 is 0 Å². The third-order valence-electron chi connectivity index (χ3n) is 2.74. The second kappa shape index (κ2) is 6.39. The lowest BCUT2D eigenvalue weighted by Gasteiger charge is -2.17. The average Bonchev–Trinajstić information content (AvgIpc) is 2.42. The lowest BCUT2D eigenvalue weighted by molar-refractivity contribution is 0.412. The van der Waals surface area contributed by atoms with Gasteiger partial charge in [-0.05, 0) is 57.0 Å². The maximum Gasteiger partial charge on any atom is 0.135 e. The summed E-state index contributed by atoms with van der Waals surface area (Å²) in [5.74, 6) is 0.791. The van der Waals surface area contributed by atoms with Gasteiger partial charge >= 0.3 is 0 Å². The zero-order valence-corrected chi connectivity index (χ0v) is 13.8. The molecule has 0 radical (unpaired) electrons. The minimum absolute atomic E-state index is 0.114. The van der Waals surface area contributed by atoms with Crippen LogP contribution in [0.25, 0.3) is 0 Å². The number of anilines is 1. The molecular formula is C14H14Br2N2O. The molecular weight excluding hydrogens is 372 g/mol. The fourth-order valence-electron chi connectivity index (χ4n) is 1.74. The van der Waals surface area contributed by atoms with E-state index in [2.05, 4.69) is 49.1 Å². The van der Waals surface area contributed by atoms with Gasteiger partial charge in [0.15, 0.2) is 0 Å². The Morgan fingerprint density at radius 3 is 2.63 bits per heavy atom. The molecule has 0 aliphatic carbocycles. The van der Waals surface area contributed by atoms with Gasteiger partial charge in [-0.15, -0.1) is 0 Å². The number of halogens is 2. The van der Waals surface area contributed by atoms with Crippen LogP contribution in [0, 0.1) is 0 Å². The van der Waals surface area contributed by atoms with Gasteiger partial charge in [0.25, 0.3) is 0 Å². The molecule has 1 unspecified atom stereocenters. The van der Waals surface area contributed by atoms with Crippen LogP contribution in [-0.4, -0.2) is 12.1 Å². The first-order chi connectivity index (χ1) is 9.11. The molecule has 100 valence electrons. The number of methoxy groups -OCH3 is 1. The normalized spacial score (nSPS) is 12.0. The van der Waals surface area contributed by atoms with E-state index in [1.165, 1.54) is 0 Å². The van der Waals surface area contributed by atoms with E-state index in [9.17, 15) is 0 Å². The molecule has 2 rings (SSSR count). The van der Waals surface area contributed by atoms with Crippen molar-refractivity contribution in [2.75, 3.05) is 12.4 Å². The van der Waals surface area contributed by atoms with Gasteiger partial charge in [0.1, 0.15) is 5.75 Å². The Bertz CT molecular complexity index is 561. The van der Waals surface area contributed by atoms with Gasteiger partial charge < -0.3 is 10.1 Å². The van der Waals surface area contributed by atoms with Crippen LogP contribution < -0.4 is 10.1 Å². The lowest BCUT2D eigenvalue weighted by atomic mass is 10.2. The van der Waals surface area contributed by atoms with Crippen molar-refractivity contribution in [2.45, 2.75) is 13.0 Å². The Kier molecular flexibility index (Phi) is 4.82. The molecule has 1 N–H and O–H groups in total. The number of benzene rings is 1. The van der Waals surface area contributed by atoms with E-state index in [0.717, 1.165) is 26.1 Å². The van der Waals surface area contributed by atoms with Crippen molar-refractivity contribution in [1.82, 2.24) is 4.98 Å². The predicted molar refractivity (Wildman–Crippen MR) is 84.7 cm³/mol. The molecule has 0 fully saturated rings. The molecule has 1 aromatic carbocycles. The van der Waals surface area contributed by atoms with Gasteiger partial charge in [0, 0.05) is 16.7 Å². The first-order valence-electron chi connectivity index (χ1n) is 5.82. The van der Waals surface area contributed by atoms with E-state index in [0.29, 0.717) is 0 Å². The monoisotopic (exact) mass is 384 g/mol. The van der Waals surface area contributed by atoms with Crippen LogP contribution in [0.5, 0.6) is 5.75 Å². The molecule has 2 aromatic rings. The Hall–Kier alpha value is -1.07. The van der Waals surface area contributed by atoms with Crippen LogP contribution in [0.3, 0.4) is 0 Å². The van der Waals surface area contributed by atoms with Crippen LogP contribution in [0.15, 0.2) is 45.5 Å². The van der Waals surface area contributed by atoms with Gasteiger partial charge in [0.05, 0.1) is 29.0 Å². The number of ether oxygens (including phenoxy) is 1. The van der Waals surface area contributed by atoms with Crippen LogP contribution in [0.2, 0.25) is 0 Å². The Morgan fingerprint density at radius 2 is 2.00 bits per heavy atom. The summed E-state index contributed by atoms with van der Waals surface area (Å²) >= 11 is 7.00. The Morgan fingerprint density at radius 1 is 1.21 bits per heavy atom. The van der Waals surface area contributed by atoms with Crippen molar-refractivity contribution < 1.29 is 4.74 Å². The number of pyridine rings is 1. The van der Waals surface area contributed by atoms with E-state index in [1.54, 1.807) is 13.3 Å². The van der Waals surface area contributed by atoms with Crippen molar-refractivity contribution in [3.05, 3.63) is 51.2 Å². The smallest absolute Gasteiger partial charge is 0.135 e. The number of nitrogens with zero attached hydrogens (tertiary/aromatic N) is 1. The molecule has 3 nitrogen and oxygen atoms in total. The Balaban J connectivity index is 2.24. The van der Waals surface area contributed by atoms with E-state index < -0.39 is 0 Å². The summed E-state index contributed by atoms with van der Waals surface area (Å²) in [4.78, 5) is 4.35. The summed E-state index contributed by atoms with van der Waals surface area (Å²) in [5, 5.41) is 3.42. The van der Waals surface area contributed by atoms with Crippen molar-refractivity contribution >= 4 is 37.5 Å². The number of hydrogen-bond acceptors (Lipinski definition) is 3. The highest BCUT2D eigenvalue weighted by Crippen LogP contribution is 2.35. The van der Waals surface area contributed by atoms with Gasteiger partial charge in [-0.25, -0.2) is 0 Å². The molecule has 1 aromatic heterocycles. The van der Waals surface area contributed by atoms with Gasteiger partial charge in [-0.3, -0.25) is 4.98 Å². The van der Waals surface area contributed by atoms with Crippen LogP contribution in [0.4, 0.5) is 5.69 Å². The largest absolute Gasteiger partial charge is 0.495 e. The Labute approximate surface area is 129 Å². The van der Waals surface area contributed by atoms with Crippen LogP contribution in [-0.2, 0) is 0 Å². The zero-order chi connectivity index (χ0) is 13.8. The summed E-state index contributed by atoms with van der Waals surface area (Å²) in [6.45, 7) is 2.07. The van der Waals surface area contributed by atoms with Gasteiger partial charge in [0.2, 0.25) is 0 Å². The highest BCUT2D eigenvalue weighted by atomic mass is 79.9. The third kappa shape index (κ3) is 3.48. The average molecular weight is 386 g/mol. The second-order valence-electron chi connectivity index (χ2n) is 4.09. The number of aromatic nitrogens is 1. The quantitative estimate of drug-likeness (QED) is 0.821. The van der Waals surface area contributed by atoms with Crippen LogP contribution in [0.1, 0.15) is 18.7 Å². The van der Waals surface area contributed by atoms with E-state index in [4.69, 9.17) is 4.74 Å². The van der Waals surface area contributed by atoms with Crippen molar-refractivity contribution in [2.24, 2.45) is 0 Å². The lowest BCUT2D eigenvalue weighted by Crippen LogP contribution is -2.08. The van der Waals surface area contributed by atoms with E-state index in [-0.39, 0.29) is 6.04 Å². The molecule has 19 heavy (non-hydrogen) atoms. The van der Waals surface area contributed by atoms with Crippen LogP contribution >= 0.6 is 31.9 Å². The summed E-state index contributed by atoms with van der Waals surface area (Å²) in [6, 6.07) is 9.93. The second-order valence-corrected chi connectivity index (χ2v) is 5.80. The SMILES string of the molecule is COc1cc(NC(C)c2ccccn2)c(Br)cc1Br. The first kappa shape index (κ1) is 14.3. The van der Waals surface area contributed by atoms with Crippen molar-refractivity contribution in [1.29, 1.82) is 0 Å². The number of hydrogen-bond donors (Lipinski definition) is 1. The molecule has 0 aliphatic heterocycles. The summed E-state index contributed by atoms with van der Waals surface area (Å²) < 4.78 is 7.19. The maximum atomic E-state index is 5.30. The topological polar surface area (TPSA) is 34.1 Å². The van der Waals surface area contributed by atoms with Gasteiger partial charge in [-0.1, -0.05) is 6.07 Å². The molecule has 0 spiro atoms. The maximum absolute atomic E-state index is 5.30. The summed E-state index contributed by atoms with van der Waals surface area (Å²) in [5.41, 5.74) is 1.97. The molecule has 0 amide bonds. The predicted octanol–water partition coefficient (Wildman–Crippen LogP) is 4.79. The minimum atomic E-state index is 0.114. The van der Waals surface area contributed by atoms with Crippen molar-refractivity contribution in [3.63, 3.8) is 0 Å². The molecule has 1 atom stereocenters. The molecule has 0 saturated carbocycles. The molecule has 5 heteroatoms. The highest BCUT2D eigenvalue weighted by molar-refractivity contribution is 9.11. The summed E-state index contributed by atoms with van der Waals surface area (Å²) in [7, 11) is 1.65. The molecule has 0 bridgehead atoms. The minimum Gasteiger partial charge on any atom is -0.495 e. The molecule has 1 heterocycles. The number of nitrogens with one attached hydrogen (secondary N) is 1.